The summed E-state index contributed by atoms with van der Waals surface area (Å²) in [6.07, 6.45) is 0. The Morgan fingerprint density at radius 1 is 1.22 bits per heavy atom. The molecule has 1 aliphatic rings. The molecule has 0 bridgehead atoms. The first-order valence-corrected chi connectivity index (χ1v) is 6.04. The minimum Gasteiger partial charge on any atom is -0.341 e. The van der Waals surface area contributed by atoms with Crippen LogP contribution in [0, 0.1) is 6.92 Å². The molecule has 96 valence electrons. The van der Waals surface area contributed by atoms with Crippen molar-refractivity contribution in [2.24, 2.45) is 0 Å². The number of hydrogen-bond donors (Lipinski definition) is 1. The van der Waals surface area contributed by atoms with Crippen molar-refractivity contribution < 1.29 is 9.59 Å². The van der Waals surface area contributed by atoms with Crippen molar-refractivity contribution >= 4 is 11.8 Å². The van der Waals surface area contributed by atoms with Crippen LogP contribution in [0.2, 0.25) is 0 Å². The highest BCUT2D eigenvalue weighted by Gasteiger charge is 2.38. The number of aryl methyl sites for hydroxylation is 1. The van der Waals surface area contributed by atoms with Crippen molar-refractivity contribution in [1.82, 2.24) is 10.2 Å². The fourth-order valence-electron chi connectivity index (χ4n) is 2.12. The van der Waals surface area contributed by atoms with E-state index < -0.39 is 5.54 Å². The number of hydrogen-bond acceptors (Lipinski definition) is 2. The van der Waals surface area contributed by atoms with Crippen molar-refractivity contribution in [3.8, 4) is 0 Å². The summed E-state index contributed by atoms with van der Waals surface area (Å²) in [5.41, 5.74) is 1.42. The number of carbonyl (C=O) groups is 2. The van der Waals surface area contributed by atoms with Gasteiger partial charge in [0.2, 0.25) is 11.8 Å². The number of amides is 2. The quantitative estimate of drug-likeness (QED) is 0.853. The summed E-state index contributed by atoms with van der Waals surface area (Å²) < 4.78 is 0. The lowest BCUT2D eigenvalue weighted by Crippen LogP contribution is -2.63. The molecule has 0 unspecified atom stereocenters. The zero-order chi connectivity index (χ0) is 13.3. The fraction of sp³-hybridized carbons (Fsp3) is 0.429. The molecule has 4 heteroatoms. The zero-order valence-electron chi connectivity index (χ0n) is 11.0. The SMILES string of the molecule is Cc1ccc(CN2CC(=O)NC(C)(C)C2=O)cc1. The van der Waals surface area contributed by atoms with E-state index in [1.165, 1.54) is 5.56 Å². The van der Waals surface area contributed by atoms with E-state index in [0.717, 1.165) is 5.56 Å². The van der Waals surface area contributed by atoms with Crippen molar-refractivity contribution in [2.45, 2.75) is 32.9 Å². The topological polar surface area (TPSA) is 49.4 Å². The van der Waals surface area contributed by atoms with Gasteiger partial charge in [-0.15, -0.1) is 0 Å². The van der Waals surface area contributed by atoms with E-state index in [1.54, 1.807) is 18.7 Å². The molecule has 18 heavy (non-hydrogen) atoms. The van der Waals surface area contributed by atoms with Gasteiger partial charge < -0.3 is 10.2 Å². The molecule has 1 aromatic carbocycles. The molecule has 1 saturated heterocycles. The molecule has 1 aromatic rings. The van der Waals surface area contributed by atoms with Gasteiger partial charge in [0, 0.05) is 6.54 Å². The monoisotopic (exact) mass is 246 g/mol. The Bertz CT molecular complexity index is 477. The standard InChI is InChI=1S/C14H18N2O2/c1-10-4-6-11(7-5-10)8-16-9-12(17)15-14(2,3)13(16)18/h4-7H,8-9H2,1-3H3,(H,15,17). The molecule has 2 rings (SSSR count). The first kappa shape index (κ1) is 12.6. The molecule has 2 amide bonds. The number of rotatable bonds is 2. The van der Waals surface area contributed by atoms with Gasteiger partial charge in [0.1, 0.15) is 5.54 Å². The van der Waals surface area contributed by atoms with Gasteiger partial charge in [0.15, 0.2) is 0 Å². The van der Waals surface area contributed by atoms with Crippen LogP contribution in [-0.4, -0.2) is 28.8 Å². The highest BCUT2D eigenvalue weighted by molar-refractivity contribution is 5.97. The van der Waals surface area contributed by atoms with Crippen LogP contribution in [0.3, 0.4) is 0 Å². The number of piperazine rings is 1. The molecule has 0 aliphatic carbocycles. The fourth-order valence-corrected chi connectivity index (χ4v) is 2.12. The second kappa shape index (κ2) is 4.44. The van der Waals surface area contributed by atoms with E-state index in [2.05, 4.69) is 5.32 Å². The predicted octanol–water partition coefficient (Wildman–Crippen LogP) is 1.23. The average molecular weight is 246 g/mol. The van der Waals surface area contributed by atoms with Crippen molar-refractivity contribution in [3.63, 3.8) is 0 Å². The smallest absolute Gasteiger partial charge is 0.248 e. The Labute approximate surface area is 107 Å². The summed E-state index contributed by atoms with van der Waals surface area (Å²) in [6, 6.07) is 7.99. The maximum atomic E-state index is 12.2. The number of benzene rings is 1. The summed E-state index contributed by atoms with van der Waals surface area (Å²) >= 11 is 0. The van der Waals surface area contributed by atoms with Crippen LogP contribution < -0.4 is 5.32 Å². The zero-order valence-corrected chi connectivity index (χ0v) is 11.0. The summed E-state index contributed by atoms with van der Waals surface area (Å²) in [6.45, 7) is 6.10. The Morgan fingerprint density at radius 3 is 2.44 bits per heavy atom. The summed E-state index contributed by atoms with van der Waals surface area (Å²) in [5, 5.41) is 2.70. The first-order chi connectivity index (χ1) is 8.38. The van der Waals surface area contributed by atoms with E-state index in [0.29, 0.717) is 6.54 Å². The molecule has 1 fully saturated rings. The maximum absolute atomic E-state index is 12.2. The second-order valence-corrected chi connectivity index (χ2v) is 5.32. The van der Waals surface area contributed by atoms with Gasteiger partial charge in [0.05, 0.1) is 6.54 Å². The van der Waals surface area contributed by atoms with E-state index in [-0.39, 0.29) is 18.4 Å². The molecular formula is C14H18N2O2. The van der Waals surface area contributed by atoms with Crippen LogP contribution in [0.25, 0.3) is 0 Å². The van der Waals surface area contributed by atoms with Gasteiger partial charge in [-0.3, -0.25) is 9.59 Å². The van der Waals surface area contributed by atoms with Gasteiger partial charge >= 0.3 is 0 Å². The van der Waals surface area contributed by atoms with Gasteiger partial charge in [-0.05, 0) is 26.3 Å². The highest BCUT2D eigenvalue weighted by atomic mass is 16.2. The molecule has 1 N–H and O–H groups in total. The maximum Gasteiger partial charge on any atom is 0.248 e. The molecule has 0 spiro atoms. The third kappa shape index (κ3) is 2.53. The lowest BCUT2D eigenvalue weighted by atomic mass is 10.00. The van der Waals surface area contributed by atoms with Gasteiger partial charge in [-0.25, -0.2) is 0 Å². The van der Waals surface area contributed by atoms with Crippen LogP contribution in [0.1, 0.15) is 25.0 Å². The van der Waals surface area contributed by atoms with Crippen molar-refractivity contribution in [1.29, 1.82) is 0 Å². The average Bonchev–Trinajstić information content (AvgIpc) is 2.28. The van der Waals surface area contributed by atoms with Crippen LogP contribution in [0.15, 0.2) is 24.3 Å². The van der Waals surface area contributed by atoms with Crippen LogP contribution in [-0.2, 0) is 16.1 Å². The Hall–Kier alpha value is -1.84. The highest BCUT2D eigenvalue weighted by Crippen LogP contribution is 2.16. The van der Waals surface area contributed by atoms with E-state index in [9.17, 15) is 9.59 Å². The minimum absolute atomic E-state index is 0.0392. The molecule has 1 heterocycles. The predicted molar refractivity (Wildman–Crippen MR) is 68.8 cm³/mol. The summed E-state index contributed by atoms with van der Waals surface area (Å²) in [7, 11) is 0. The van der Waals surface area contributed by atoms with Gasteiger partial charge in [-0.2, -0.15) is 0 Å². The van der Waals surface area contributed by atoms with Crippen molar-refractivity contribution in [2.75, 3.05) is 6.54 Å². The lowest BCUT2D eigenvalue weighted by molar-refractivity contribution is -0.148. The third-order valence-electron chi connectivity index (χ3n) is 3.10. The number of nitrogens with one attached hydrogen (secondary N) is 1. The molecule has 1 aliphatic heterocycles. The first-order valence-electron chi connectivity index (χ1n) is 6.04. The van der Waals surface area contributed by atoms with E-state index in [4.69, 9.17) is 0 Å². The van der Waals surface area contributed by atoms with Gasteiger partial charge in [0.25, 0.3) is 0 Å². The lowest BCUT2D eigenvalue weighted by Gasteiger charge is -2.37. The number of carbonyl (C=O) groups excluding carboxylic acids is 2. The molecule has 0 aromatic heterocycles. The largest absolute Gasteiger partial charge is 0.341 e. The molecule has 0 radical (unpaired) electrons. The van der Waals surface area contributed by atoms with Crippen molar-refractivity contribution in [3.05, 3.63) is 35.4 Å². The number of nitrogens with zero attached hydrogens (tertiary/aromatic N) is 1. The van der Waals surface area contributed by atoms with Crippen LogP contribution in [0.4, 0.5) is 0 Å². The second-order valence-electron chi connectivity index (χ2n) is 5.32. The Balaban J connectivity index is 2.15. The third-order valence-corrected chi connectivity index (χ3v) is 3.10. The normalized spacial score (nSPS) is 18.7. The minimum atomic E-state index is -0.806. The molecule has 0 saturated carbocycles. The van der Waals surface area contributed by atoms with Gasteiger partial charge in [-0.1, -0.05) is 29.8 Å². The summed E-state index contributed by atoms with van der Waals surface area (Å²) in [5.74, 6) is -0.144. The van der Waals surface area contributed by atoms with Crippen LogP contribution in [0.5, 0.6) is 0 Å². The molecule has 4 nitrogen and oxygen atoms in total. The Morgan fingerprint density at radius 2 is 1.83 bits per heavy atom. The Kier molecular flexibility index (Phi) is 3.11. The molecule has 0 atom stereocenters. The summed E-state index contributed by atoms with van der Waals surface area (Å²) in [4.78, 5) is 25.3. The van der Waals surface area contributed by atoms with Crippen LogP contribution >= 0.6 is 0 Å². The van der Waals surface area contributed by atoms with E-state index >= 15 is 0 Å². The molecular weight excluding hydrogens is 228 g/mol. The van der Waals surface area contributed by atoms with E-state index in [1.807, 2.05) is 31.2 Å².